The summed E-state index contributed by atoms with van der Waals surface area (Å²) in [6.07, 6.45) is 0. The van der Waals surface area contributed by atoms with Gasteiger partial charge in [-0.1, -0.05) is 23.4 Å². The highest BCUT2D eigenvalue weighted by Crippen LogP contribution is 2.23. The summed E-state index contributed by atoms with van der Waals surface area (Å²) in [4.78, 5) is 11.0. The topological polar surface area (TPSA) is 74.5 Å². The summed E-state index contributed by atoms with van der Waals surface area (Å²) in [5, 5.41) is 8.60. The van der Waals surface area contributed by atoms with Crippen molar-refractivity contribution in [3.05, 3.63) is 34.7 Å². The molecule has 0 aliphatic carbocycles. The van der Waals surface area contributed by atoms with Crippen LogP contribution in [0.25, 0.3) is 0 Å². The van der Waals surface area contributed by atoms with Gasteiger partial charge in [0.05, 0.1) is 7.11 Å². The summed E-state index contributed by atoms with van der Waals surface area (Å²) in [5.74, 6) is 0.792. The lowest BCUT2D eigenvalue weighted by atomic mass is 10.2. The number of ether oxygens (including phenoxy) is 2. The van der Waals surface area contributed by atoms with Crippen LogP contribution >= 0.6 is 23.4 Å². The van der Waals surface area contributed by atoms with Crippen molar-refractivity contribution in [1.82, 2.24) is 10.2 Å². The van der Waals surface area contributed by atoms with Crippen molar-refractivity contribution in [2.45, 2.75) is 18.8 Å². The van der Waals surface area contributed by atoms with Gasteiger partial charge < -0.3 is 13.9 Å². The van der Waals surface area contributed by atoms with E-state index in [1.54, 1.807) is 12.1 Å². The molecule has 1 aromatic heterocycles. The first-order valence-electron chi connectivity index (χ1n) is 5.99. The van der Waals surface area contributed by atoms with Crippen LogP contribution in [0.5, 0.6) is 5.75 Å². The van der Waals surface area contributed by atoms with Gasteiger partial charge in [0.15, 0.2) is 6.61 Å². The zero-order valence-corrected chi connectivity index (χ0v) is 13.0. The first-order chi connectivity index (χ1) is 10.1. The van der Waals surface area contributed by atoms with E-state index in [4.69, 9.17) is 20.8 Å². The maximum Gasteiger partial charge on any atom is 0.316 e. The molecule has 0 bridgehead atoms. The van der Waals surface area contributed by atoms with E-state index >= 15 is 0 Å². The standard InChI is InChI=1S/C13H13ClN2O4S/c1-8-5-9(14)3-4-10(8)19-6-11-15-16-13(20-11)21-7-12(17)18-2/h3-5H,6-7H2,1-2H3. The molecule has 0 saturated heterocycles. The Balaban J connectivity index is 1.89. The highest BCUT2D eigenvalue weighted by atomic mass is 35.5. The number of carbonyl (C=O) groups is 1. The third-order valence-electron chi connectivity index (χ3n) is 2.48. The van der Waals surface area contributed by atoms with Crippen LogP contribution < -0.4 is 4.74 Å². The molecule has 0 aliphatic heterocycles. The minimum Gasteiger partial charge on any atom is -0.484 e. The van der Waals surface area contributed by atoms with Crippen LogP contribution in [0.2, 0.25) is 5.02 Å². The van der Waals surface area contributed by atoms with Crippen LogP contribution in [0.15, 0.2) is 27.8 Å². The normalized spacial score (nSPS) is 10.4. The Bertz CT molecular complexity index is 632. The molecule has 0 N–H and O–H groups in total. The quantitative estimate of drug-likeness (QED) is 0.596. The maximum absolute atomic E-state index is 11.0. The molecule has 112 valence electrons. The van der Waals surface area contributed by atoms with Crippen molar-refractivity contribution in [3.8, 4) is 5.75 Å². The van der Waals surface area contributed by atoms with Gasteiger partial charge in [0.1, 0.15) is 11.5 Å². The van der Waals surface area contributed by atoms with Crippen LogP contribution in [0, 0.1) is 6.92 Å². The highest BCUT2D eigenvalue weighted by molar-refractivity contribution is 7.99. The number of hydrogen-bond donors (Lipinski definition) is 0. The van der Waals surface area contributed by atoms with Gasteiger partial charge in [0.25, 0.3) is 11.1 Å². The number of benzene rings is 1. The molecule has 2 aromatic rings. The predicted octanol–water partition coefficient (Wildman–Crippen LogP) is 2.88. The fourth-order valence-corrected chi connectivity index (χ4v) is 2.29. The molecule has 0 spiro atoms. The average molecular weight is 329 g/mol. The van der Waals surface area contributed by atoms with Gasteiger partial charge in [-0.2, -0.15) is 0 Å². The summed E-state index contributed by atoms with van der Waals surface area (Å²) in [6, 6.07) is 5.33. The Hall–Kier alpha value is -1.73. The van der Waals surface area contributed by atoms with Crippen molar-refractivity contribution in [2.24, 2.45) is 0 Å². The van der Waals surface area contributed by atoms with E-state index < -0.39 is 0 Å². The number of nitrogens with zero attached hydrogens (tertiary/aromatic N) is 2. The van der Waals surface area contributed by atoms with Gasteiger partial charge in [0.2, 0.25) is 0 Å². The fourth-order valence-electron chi connectivity index (χ4n) is 1.45. The van der Waals surface area contributed by atoms with Gasteiger partial charge in [-0.05, 0) is 30.7 Å². The van der Waals surface area contributed by atoms with Crippen molar-refractivity contribution in [2.75, 3.05) is 12.9 Å². The Morgan fingerprint density at radius 3 is 2.95 bits per heavy atom. The molecular weight excluding hydrogens is 316 g/mol. The Morgan fingerprint density at radius 1 is 1.43 bits per heavy atom. The number of hydrogen-bond acceptors (Lipinski definition) is 7. The molecule has 1 aromatic carbocycles. The lowest BCUT2D eigenvalue weighted by molar-refractivity contribution is -0.137. The molecule has 21 heavy (non-hydrogen) atoms. The summed E-state index contributed by atoms with van der Waals surface area (Å²) in [7, 11) is 1.32. The third kappa shape index (κ3) is 4.64. The Kier molecular flexibility index (Phi) is 5.46. The maximum atomic E-state index is 11.0. The van der Waals surface area contributed by atoms with Gasteiger partial charge in [0, 0.05) is 5.02 Å². The number of esters is 1. The van der Waals surface area contributed by atoms with Crippen LogP contribution in [0.4, 0.5) is 0 Å². The zero-order chi connectivity index (χ0) is 15.2. The monoisotopic (exact) mass is 328 g/mol. The van der Waals surface area contributed by atoms with E-state index in [-0.39, 0.29) is 18.3 Å². The van der Waals surface area contributed by atoms with Gasteiger partial charge in [-0.3, -0.25) is 4.79 Å². The highest BCUT2D eigenvalue weighted by Gasteiger charge is 2.10. The van der Waals surface area contributed by atoms with Crippen LogP contribution in [0.1, 0.15) is 11.5 Å². The summed E-state index contributed by atoms with van der Waals surface area (Å²) >= 11 is 6.99. The van der Waals surface area contributed by atoms with Gasteiger partial charge >= 0.3 is 5.97 Å². The number of carbonyl (C=O) groups excluding carboxylic acids is 1. The van der Waals surface area contributed by atoms with E-state index in [1.165, 1.54) is 7.11 Å². The van der Waals surface area contributed by atoms with Crippen molar-refractivity contribution >= 4 is 29.3 Å². The number of rotatable bonds is 6. The van der Waals surface area contributed by atoms with Crippen molar-refractivity contribution in [3.63, 3.8) is 0 Å². The van der Waals surface area contributed by atoms with Gasteiger partial charge in [-0.25, -0.2) is 0 Å². The molecule has 1 heterocycles. The van der Waals surface area contributed by atoms with E-state index in [0.717, 1.165) is 17.3 Å². The van der Waals surface area contributed by atoms with Crippen LogP contribution in [0.3, 0.4) is 0 Å². The van der Waals surface area contributed by atoms with E-state index in [1.807, 2.05) is 13.0 Å². The lowest BCUT2D eigenvalue weighted by Gasteiger charge is -2.06. The minimum absolute atomic E-state index is 0.120. The molecule has 0 radical (unpaired) electrons. The fraction of sp³-hybridized carbons (Fsp3) is 0.308. The number of thioether (sulfide) groups is 1. The number of aryl methyl sites for hydroxylation is 1. The van der Waals surface area contributed by atoms with Crippen molar-refractivity contribution in [1.29, 1.82) is 0 Å². The molecule has 0 unspecified atom stereocenters. The summed E-state index contributed by atoms with van der Waals surface area (Å²) in [5.41, 5.74) is 0.919. The molecule has 0 saturated carbocycles. The SMILES string of the molecule is COC(=O)CSc1nnc(COc2ccc(Cl)cc2C)o1. The smallest absolute Gasteiger partial charge is 0.316 e. The molecule has 0 atom stereocenters. The summed E-state index contributed by atoms with van der Waals surface area (Å²) < 4.78 is 15.4. The average Bonchev–Trinajstić information content (AvgIpc) is 2.92. The molecule has 0 fully saturated rings. The molecular formula is C13H13ClN2O4S. The third-order valence-corrected chi connectivity index (χ3v) is 3.50. The molecule has 0 amide bonds. The molecule has 6 nitrogen and oxygen atoms in total. The number of aromatic nitrogens is 2. The zero-order valence-electron chi connectivity index (χ0n) is 11.5. The van der Waals surface area contributed by atoms with Crippen molar-refractivity contribution < 1.29 is 18.7 Å². The van der Waals surface area contributed by atoms with E-state index in [0.29, 0.717) is 21.9 Å². The molecule has 0 aliphatic rings. The van der Waals surface area contributed by atoms with Gasteiger partial charge in [-0.15, -0.1) is 10.2 Å². The number of halogens is 1. The van der Waals surface area contributed by atoms with E-state index in [9.17, 15) is 4.79 Å². The second-order valence-electron chi connectivity index (χ2n) is 4.03. The van der Waals surface area contributed by atoms with Crippen LogP contribution in [-0.2, 0) is 16.1 Å². The lowest BCUT2D eigenvalue weighted by Crippen LogP contribution is -2.02. The Morgan fingerprint density at radius 2 is 2.24 bits per heavy atom. The second kappa shape index (κ2) is 7.33. The second-order valence-corrected chi connectivity index (χ2v) is 5.39. The largest absolute Gasteiger partial charge is 0.484 e. The first kappa shape index (κ1) is 15.7. The predicted molar refractivity (Wildman–Crippen MR) is 77.6 cm³/mol. The molecule has 2 rings (SSSR count). The summed E-state index contributed by atoms with van der Waals surface area (Å²) in [6.45, 7) is 2.04. The number of methoxy groups -OCH3 is 1. The van der Waals surface area contributed by atoms with Crippen LogP contribution in [-0.4, -0.2) is 29.0 Å². The van der Waals surface area contributed by atoms with E-state index in [2.05, 4.69) is 14.9 Å². The minimum atomic E-state index is -0.354. The molecule has 8 heteroatoms. The first-order valence-corrected chi connectivity index (χ1v) is 7.36. The Labute approximate surface area is 130 Å².